The number of fused-ring (bicyclic) bond motifs is 4. The van der Waals surface area contributed by atoms with Crippen molar-refractivity contribution in [2.75, 3.05) is 6.54 Å². The number of carbonyl (C=O) groups is 1. The molecule has 232 valence electrons. The third kappa shape index (κ3) is 4.14. The molecule has 1 fully saturated rings. The number of benzene rings is 3. The fraction of sp³-hybridized carbons (Fsp3) is 0.310. The third-order valence-corrected chi connectivity index (χ3v) is 11.1. The van der Waals surface area contributed by atoms with Crippen molar-refractivity contribution in [3.63, 3.8) is 0 Å². The van der Waals surface area contributed by atoms with Gasteiger partial charge in [-0.05, 0) is 72.9 Å². The van der Waals surface area contributed by atoms with Gasteiger partial charge in [0, 0.05) is 17.7 Å². The highest BCUT2D eigenvalue weighted by Crippen LogP contribution is 2.56. The summed E-state index contributed by atoms with van der Waals surface area (Å²) in [7, 11) is -4.59. The van der Waals surface area contributed by atoms with Crippen molar-refractivity contribution in [3.8, 4) is 0 Å². The minimum absolute atomic E-state index is 0.137. The smallest absolute Gasteiger partial charge is 0.345 e. The molecule has 4 aromatic rings. The summed E-state index contributed by atoms with van der Waals surface area (Å²) >= 11 is 0. The summed E-state index contributed by atoms with van der Waals surface area (Å²) in [4.78, 5) is 21.7. The summed E-state index contributed by atoms with van der Waals surface area (Å²) < 4.78 is 137. The van der Waals surface area contributed by atoms with E-state index in [-0.39, 0.29) is 47.4 Å². The van der Waals surface area contributed by atoms with E-state index in [4.69, 9.17) is 0 Å². The molecule has 3 aromatic carbocycles. The van der Waals surface area contributed by atoms with Crippen LogP contribution in [0.15, 0.2) is 71.9 Å². The molecule has 0 radical (unpaired) electrons. The maximum atomic E-state index is 15.0. The molecule has 0 unspecified atom stereocenters. The molecule has 1 aromatic heterocycles. The first-order valence-corrected chi connectivity index (χ1v) is 14.7. The minimum atomic E-state index is -6.36. The van der Waals surface area contributed by atoms with E-state index in [1.54, 1.807) is 6.07 Å². The number of aromatic amines is 1. The van der Waals surface area contributed by atoms with Crippen molar-refractivity contribution in [2.24, 2.45) is 0 Å². The molecular formula is C29H21F8N3O3S. The molecule has 2 aliphatic rings. The zero-order valence-corrected chi connectivity index (χ0v) is 23.1. The topological polar surface area (TPSA) is 83.1 Å². The van der Waals surface area contributed by atoms with Gasteiger partial charge in [-0.1, -0.05) is 18.2 Å². The first-order chi connectivity index (χ1) is 20.5. The normalized spacial score (nSPS) is 20.9. The van der Waals surface area contributed by atoms with E-state index in [1.165, 1.54) is 23.4 Å². The van der Waals surface area contributed by atoms with Gasteiger partial charge in [-0.3, -0.25) is 4.79 Å². The Bertz CT molecular complexity index is 1870. The van der Waals surface area contributed by atoms with Crippen molar-refractivity contribution in [3.05, 3.63) is 95.1 Å². The van der Waals surface area contributed by atoms with E-state index >= 15 is 0 Å². The van der Waals surface area contributed by atoms with Crippen molar-refractivity contribution in [1.82, 2.24) is 14.9 Å². The van der Waals surface area contributed by atoms with Gasteiger partial charge in [0.15, 0.2) is 9.84 Å². The molecule has 1 aliphatic heterocycles. The van der Waals surface area contributed by atoms with Gasteiger partial charge in [-0.25, -0.2) is 22.2 Å². The van der Waals surface area contributed by atoms with Gasteiger partial charge < -0.3 is 9.88 Å². The molecule has 0 bridgehead atoms. The molecule has 1 saturated heterocycles. The highest BCUT2D eigenvalue weighted by atomic mass is 32.2. The Morgan fingerprint density at radius 2 is 1.61 bits per heavy atom. The average molecular weight is 644 g/mol. The molecule has 44 heavy (non-hydrogen) atoms. The van der Waals surface area contributed by atoms with Crippen molar-refractivity contribution < 1.29 is 48.3 Å². The Morgan fingerprint density at radius 1 is 0.932 bits per heavy atom. The van der Waals surface area contributed by atoms with E-state index in [9.17, 15) is 48.3 Å². The second-order valence-corrected chi connectivity index (χ2v) is 13.0. The number of imidazole rings is 1. The maximum absolute atomic E-state index is 15.0. The lowest BCUT2D eigenvalue weighted by atomic mass is 9.76. The number of nitrogens with one attached hydrogen (secondary N) is 1. The summed E-state index contributed by atoms with van der Waals surface area (Å²) in [5, 5.41) is 0. The van der Waals surface area contributed by atoms with Crippen LogP contribution in [0.2, 0.25) is 0 Å². The van der Waals surface area contributed by atoms with Crippen molar-refractivity contribution in [2.45, 2.75) is 53.0 Å². The molecule has 6 rings (SSSR count). The van der Waals surface area contributed by atoms with Crippen molar-refractivity contribution >= 4 is 26.8 Å². The van der Waals surface area contributed by atoms with Gasteiger partial charge in [0.2, 0.25) is 0 Å². The van der Waals surface area contributed by atoms with Gasteiger partial charge in [-0.15, -0.1) is 0 Å². The first-order valence-electron chi connectivity index (χ1n) is 13.2. The number of alkyl halides is 7. The van der Waals surface area contributed by atoms with Crippen LogP contribution in [0, 0.1) is 5.82 Å². The number of sulfone groups is 1. The number of aromatic nitrogens is 2. The zero-order chi connectivity index (χ0) is 31.9. The van der Waals surface area contributed by atoms with Gasteiger partial charge >= 0.3 is 18.0 Å². The summed E-state index contributed by atoms with van der Waals surface area (Å²) in [6, 6.07) is 8.76. The summed E-state index contributed by atoms with van der Waals surface area (Å²) in [6.07, 6.45) is -12.0. The molecule has 2 heterocycles. The lowest BCUT2D eigenvalue weighted by Gasteiger charge is -2.43. The molecule has 1 aliphatic carbocycles. The quantitative estimate of drug-likeness (QED) is 0.203. The van der Waals surface area contributed by atoms with Crippen molar-refractivity contribution in [1.29, 1.82) is 0 Å². The molecule has 15 heteroatoms. The van der Waals surface area contributed by atoms with Crippen LogP contribution in [0.1, 0.15) is 39.9 Å². The van der Waals surface area contributed by atoms with Crippen LogP contribution in [0.5, 0.6) is 0 Å². The van der Waals surface area contributed by atoms with Crippen LogP contribution in [0.3, 0.4) is 0 Å². The first kappa shape index (κ1) is 30.0. The Hall–Kier alpha value is -4.01. The Balaban J connectivity index is 1.52. The van der Waals surface area contributed by atoms with Crippen LogP contribution in [0.4, 0.5) is 35.1 Å². The number of rotatable bonds is 4. The SMILES string of the molecule is O=C(c1ccc2[nH]cnc2c1)N1CC[C@]2(S(=O)(=O)c3ccc(F)cc3)c3ccc(C(F)(C(F)(F)F)C(F)(F)F)cc3CC[C@H]12. The fourth-order valence-corrected chi connectivity index (χ4v) is 8.89. The number of H-pyrrole nitrogens is 1. The standard InChI is InChI=1S/C29H21F8N3O3S/c30-19-4-6-20(7-5-19)44(42,43)26-11-12-40(25(41)17-1-9-22-23(14-17)39-15-38-22)24(26)10-2-16-13-18(3-8-21(16)26)27(31,28(32,33)34)29(35,36)37/h1,3-9,13-15,24H,2,10-12H2,(H,38,39)/t24-,26-/m0/s1. The Kier molecular flexibility index (Phi) is 6.65. The number of halogens is 8. The summed E-state index contributed by atoms with van der Waals surface area (Å²) in [5.74, 6) is -1.31. The molecule has 0 saturated carbocycles. The zero-order valence-electron chi connectivity index (χ0n) is 22.3. The molecule has 6 nitrogen and oxygen atoms in total. The van der Waals surface area contributed by atoms with Crippen LogP contribution in [-0.2, 0) is 26.7 Å². The van der Waals surface area contributed by atoms with Gasteiger partial charge in [0.1, 0.15) is 10.6 Å². The number of likely N-dealkylation sites (tertiary alicyclic amines) is 1. The van der Waals surface area contributed by atoms with Crippen LogP contribution < -0.4 is 0 Å². The maximum Gasteiger partial charge on any atom is 0.435 e. The molecule has 1 amide bonds. The fourth-order valence-electron chi connectivity index (χ4n) is 6.53. The van der Waals surface area contributed by atoms with E-state index in [0.717, 1.165) is 30.3 Å². The molecule has 0 spiro atoms. The monoisotopic (exact) mass is 643 g/mol. The van der Waals surface area contributed by atoms with Crippen LogP contribution in [-0.4, -0.2) is 54.1 Å². The lowest BCUT2D eigenvalue weighted by Crippen LogP contribution is -2.53. The van der Waals surface area contributed by atoms with E-state index in [1.807, 2.05) is 0 Å². The Labute approximate surface area is 244 Å². The number of nitrogens with zero attached hydrogens (tertiary/aromatic N) is 2. The molecule has 2 atom stereocenters. The average Bonchev–Trinajstić information content (AvgIpc) is 3.60. The number of hydrogen-bond acceptors (Lipinski definition) is 4. The summed E-state index contributed by atoms with van der Waals surface area (Å²) in [6.45, 7) is -0.137. The van der Waals surface area contributed by atoms with Gasteiger partial charge in [-0.2, -0.15) is 26.3 Å². The molecular weight excluding hydrogens is 622 g/mol. The number of hydrogen-bond donors (Lipinski definition) is 1. The lowest BCUT2D eigenvalue weighted by molar-refractivity contribution is -0.348. The third-order valence-electron chi connectivity index (χ3n) is 8.60. The van der Waals surface area contributed by atoms with E-state index in [0.29, 0.717) is 23.2 Å². The minimum Gasteiger partial charge on any atom is -0.345 e. The molecule has 1 N–H and O–H groups in total. The second kappa shape index (κ2) is 9.74. The number of amides is 1. The highest BCUT2D eigenvalue weighted by molar-refractivity contribution is 7.92. The predicted octanol–water partition coefficient (Wildman–Crippen LogP) is 6.52. The largest absolute Gasteiger partial charge is 0.435 e. The van der Waals surface area contributed by atoms with E-state index < -0.39 is 55.9 Å². The van der Waals surface area contributed by atoms with Crippen LogP contribution in [0.25, 0.3) is 11.0 Å². The predicted molar refractivity (Wildman–Crippen MR) is 140 cm³/mol. The number of carbonyl (C=O) groups excluding carboxylic acids is 1. The van der Waals surface area contributed by atoms with Gasteiger partial charge in [0.25, 0.3) is 5.91 Å². The van der Waals surface area contributed by atoms with Gasteiger partial charge in [0.05, 0.1) is 28.3 Å². The highest BCUT2D eigenvalue weighted by Gasteiger charge is 2.73. The van der Waals surface area contributed by atoms with E-state index in [2.05, 4.69) is 9.97 Å². The van der Waals surface area contributed by atoms with Crippen LogP contribution >= 0.6 is 0 Å². The summed E-state index contributed by atoms with van der Waals surface area (Å²) in [5.41, 5.74) is -6.54. The number of aryl methyl sites for hydroxylation is 1. The second-order valence-electron chi connectivity index (χ2n) is 10.8. The Morgan fingerprint density at radius 3 is 2.27 bits per heavy atom.